The Hall–Kier alpha value is -1.27. The summed E-state index contributed by atoms with van der Waals surface area (Å²) >= 11 is 0. The Kier molecular flexibility index (Phi) is 3.54. The first-order valence-corrected chi connectivity index (χ1v) is 5.71. The number of benzene rings is 1. The zero-order valence-corrected chi connectivity index (χ0v) is 9.24. The summed E-state index contributed by atoms with van der Waals surface area (Å²) in [7, 11) is -2.97. The van der Waals surface area contributed by atoms with Crippen LogP contribution in [0.5, 0.6) is 11.5 Å². The molecule has 0 heterocycles. The van der Waals surface area contributed by atoms with Crippen LogP contribution in [0.1, 0.15) is 6.92 Å². The highest BCUT2D eigenvalue weighted by Gasteiger charge is 2.17. The number of hydrogen-bond donors (Lipinski definition) is 1. The van der Waals surface area contributed by atoms with Crippen molar-refractivity contribution < 1.29 is 22.4 Å². The molecule has 0 bridgehead atoms. The maximum atomic E-state index is 11.0. The van der Waals surface area contributed by atoms with Crippen LogP contribution in [-0.4, -0.2) is 26.7 Å². The fraction of sp³-hybridized carbons (Fsp3) is 0.333. The molecule has 0 aromatic heterocycles. The molecule has 1 aromatic rings. The Morgan fingerprint density at radius 1 is 1.40 bits per heavy atom. The molecule has 0 spiro atoms. The molecule has 0 unspecified atom stereocenters. The highest BCUT2D eigenvalue weighted by Crippen LogP contribution is 2.27. The van der Waals surface area contributed by atoms with Gasteiger partial charge in [-0.25, -0.2) is 0 Å². The zero-order chi connectivity index (χ0) is 11.5. The SMILES string of the molecule is CCOc1ccc(OC)c(S(=O)(=O)O)c1. The van der Waals surface area contributed by atoms with Gasteiger partial charge in [0.15, 0.2) is 0 Å². The van der Waals surface area contributed by atoms with Gasteiger partial charge in [-0.2, -0.15) is 8.42 Å². The van der Waals surface area contributed by atoms with E-state index >= 15 is 0 Å². The van der Waals surface area contributed by atoms with Gasteiger partial charge in [0.1, 0.15) is 16.4 Å². The molecule has 0 aliphatic heterocycles. The van der Waals surface area contributed by atoms with Gasteiger partial charge in [0.25, 0.3) is 10.1 Å². The Labute approximate surface area is 88.4 Å². The van der Waals surface area contributed by atoms with Gasteiger partial charge in [-0.3, -0.25) is 4.55 Å². The molecule has 0 saturated carbocycles. The summed E-state index contributed by atoms with van der Waals surface area (Å²) in [5.41, 5.74) is 0. The van der Waals surface area contributed by atoms with Gasteiger partial charge in [-0.15, -0.1) is 0 Å². The highest BCUT2D eigenvalue weighted by atomic mass is 32.2. The lowest BCUT2D eigenvalue weighted by molar-refractivity contribution is 0.336. The first-order valence-electron chi connectivity index (χ1n) is 4.27. The van der Waals surface area contributed by atoms with Crippen molar-refractivity contribution in [3.8, 4) is 11.5 Å². The normalized spacial score (nSPS) is 11.1. The van der Waals surface area contributed by atoms with E-state index in [1.165, 1.54) is 19.2 Å². The molecule has 15 heavy (non-hydrogen) atoms. The first kappa shape index (κ1) is 11.8. The van der Waals surface area contributed by atoms with Crippen molar-refractivity contribution in [2.45, 2.75) is 11.8 Å². The Bertz CT molecular complexity index is 438. The summed E-state index contributed by atoms with van der Waals surface area (Å²) in [6.45, 7) is 2.19. The predicted molar refractivity (Wildman–Crippen MR) is 54.0 cm³/mol. The lowest BCUT2D eigenvalue weighted by Gasteiger charge is -2.08. The number of methoxy groups -OCH3 is 1. The van der Waals surface area contributed by atoms with E-state index in [0.717, 1.165) is 0 Å². The minimum absolute atomic E-state index is 0.0842. The Morgan fingerprint density at radius 2 is 2.07 bits per heavy atom. The van der Waals surface area contributed by atoms with Crippen LogP contribution >= 0.6 is 0 Å². The molecule has 0 aliphatic rings. The van der Waals surface area contributed by atoms with Crippen molar-refractivity contribution in [2.24, 2.45) is 0 Å². The molecular weight excluding hydrogens is 220 g/mol. The third kappa shape index (κ3) is 2.84. The quantitative estimate of drug-likeness (QED) is 0.793. The second-order valence-electron chi connectivity index (χ2n) is 2.72. The van der Waals surface area contributed by atoms with Crippen LogP contribution in [0.25, 0.3) is 0 Å². The molecule has 5 nitrogen and oxygen atoms in total. The van der Waals surface area contributed by atoms with Gasteiger partial charge >= 0.3 is 0 Å². The van der Waals surface area contributed by atoms with Gasteiger partial charge in [0.2, 0.25) is 0 Å². The average Bonchev–Trinajstić information content (AvgIpc) is 2.17. The zero-order valence-electron chi connectivity index (χ0n) is 8.43. The Balaban J connectivity index is 3.26. The summed E-state index contributed by atoms with van der Waals surface area (Å²) in [5, 5.41) is 0. The summed E-state index contributed by atoms with van der Waals surface area (Å²) < 4.78 is 40.8. The molecule has 0 amide bonds. The van der Waals surface area contributed by atoms with E-state index in [4.69, 9.17) is 14.0 Å². The van der Waals surface area contributed by atoms with Gasteiger partial charge in [0, 0.05) is 6.07 Å². The molecule has 0 saturated heterocycles. The van der Waals surface area contributed by atoms with Crippen molar-refractivity contribution >= 4 is 10.1 Å². The minimum atomic E-state index is -4.29. The van der Waals surface area contributed by atoms with E-state index in [2.05, 4.69) is 0 Å². The van der Waals surface area contributed by atoms with E-state index in [-0.39, 0.29) is 10.6 Å². The third-order valence-electron chi connectivity index (χ3n) is 1.72. The van der Waals surface area contributed by atoms with Crippen LogP contribution in [0.3, 0.4) is 0 Å². The molecule has 0 fully saturated rings. The van der Waals surface area contributed by atoms with Gasteiger partial charge in [-0.1, -0.05) is 0 Å². The van der Waals surface area contributed by atoms with E-state index in [0.29, 0.717) is 12.4 Å². The van der Waals surface area contributed by atoms with Crippen LogP contribution in [-0.2, 0) is 10.1 Å². The van der Waals surface area contributed by atoms with E-state index in [1.54, 1.807) is 13.0 Å². The second-order valence-corrected chi connectivity index (χ2v) is 4.11. The lowest BCUT2D eigenvalue weighted by atomic mass is 10.3. The summed E-state index contributed by atoms with van der Waals surface area (Å²) in [6.07, 6.45) is 0. The van der Waals surface area contributed by atoms with Crippen LogP contribution in [0.4, 0.5) is 0 Å². The van der Waals surface area contributed by atoms with Crippen LogP contribution < -0.4 is 9.47 Å². The minimum Gasteiger partial charge on any atom is -0.495 e. The molecule has 0 radical (unpaired) electrons. The van der Waals surface area contributed by atoms with E-state index in [1.807, 2.05) is 0 Å². The smallest absolute Gasteiger partial charge is 0.298 e. The van der Waals surface area contributed by atoms with Gasteiger partial charge < -0.3 is 9.47 Å². The van der Waals surface area contributed by atoms with Crippen LogP contribution in [0, 0.1) is 0 Å². The van der Waals surface area contributed by atoms with Crippen LogP contribution in [0.15, 0.2) is 23.1 Å². The summed E-state index contributed by atoms with van der Waals surface area (Å²) in [6, 6.07) is 4.21. The predicted octanol–water partition coefficient (Wildman–Crippen LogP) is 1.34. The van der Waals surface area contributed by atoms with Crippen LogP contribution in [0.2, 0.25) is 0 Å². The van der Waals surface area contributed by atoms with Gasteiger partial charge in [-0.05, 0) is 19.1 Å². The number of ether oxygens (including phenoxy) is 2. The second kappa shape index (κ2) is 4.50. The van der Waals surface area contributed by atoms with Crippen molar-refractivity contribution in [2.75, 3.05) is 13.7 Å². The molecule has 1 aromatic carbocycles. The molecule has 1 N–H and O–H groups in total. The standard InChI is InChI=1S/C9H12O5S/c1-3-14-7-4-5-8(13-2)9(6-7)15(10,11)12/h4-6H,3H2,1-2H3,(H,10,11,12). The van der Waals surface area contributed by atoms with Crippen molar-refractivity contribution in [1.29, 1.82) is 0 Å². The summed E-state index contributed by atoms with van der Waals surface area (Å²) in [4.78, 5) is -0.295. The molecule has 6 heteroatoms. The molecule has 0 aliphatic carbocycles. The number of hydrogen-bond acceptors (Lipinski definition) is 4. The Morgan fingerprint density at radius 3 is 2.53 bits per heavy atom. The van der Waals surface area contributed by atoms with Crippen molar-refractivity contribution in [3.63, 3.8) is 0 Å². The topological polar surface area (TPSA) is 72.8 Å². The van der Waals surface area contributed by atoms with Gasteiger partial charge in [0.05, 0.1) is 13.7 Å². The largest absolute Gasteiger partial charge is 0.495 e. The summed E-state index contributed by atoms with van der Waals surface area (Å²) in [5.74, 6) is 0.451. The maximum Gasteiger partial charge on any atom is 0.298 e. The fourth-order valence-corrected chi connectivity index (χ4v) is 1.79. The molecule has 1 rings (SSSR count). The lowest BCUT2D eigenvalue weighted by Crippen LogP contribution is -2.02. The molecule has 0 atom stereocenters. The van der Waals surface area contributed by atoms with Crippen molar-refractivity contribution in [3.05, 3.63) is 18.2 Å². The number of rotatable bonds is 4. The average molecular weight is 232 g/mol. The third-order valence-corrected chi connectivity index (χ3v) is 2.60. The van der Waals surface area contributed by atoms with E-state index in [9.17, 15) is 8.42 Å². The molecule has 84 valence electrons. The molecular formula is C9H12O5S. The monoisotopic (exact) mass is 232 g/mol. The first-order chi connectivity index (χ1) is 6.99. The highest BCUT2D eigenvalue weighted by molar-refractivity contribution is 7.86. The van der Waals surface area contributed by atoms with E-state index < -0.39 is 10.1 Å². The fourth-order valence-electron chi connectivity index (χ4n) is 1.12. The van der Waals surface area contributed by atoms with Crippen molar-refractivity contribution in [1.82, 2.24) is 0 Å². The maximum absolute atomic E-state index is 11.0.